The number of aromatic nitrogens is 2. The third-order valence-corrected chi connectivity index (χ3v) is 5.61. The van der Waals surface area contributed by atoms with Crippen molar-refractivity contribution in [3.63, 3.8) is 0 Å². The van der Waals surface area contributed by atoms with Crippen LogP contribution < -0.4 is 4.90 Å². The topological polar surface area (TPSA) is 52.5 Å². The Bertz CT molecular complexity index is 825. The van der Waals surface area contributed by atoms with Crippen LogP contribution in [-0.4, -0.2) is 52.9 Å². The Morgan fingerprint density at radius 1 is 1.07 bits per heavy atom. The lowest BCUT2D eigenvalue weighted by Gasteiger charge is -2.36. The first-order chi connectivity index (χ1) is 12.8. The summed E-state index contributed by atoms with van der Waals surface area (Å²) in [7, 11) is 2.10. The SMILES string of the molecule is CN1CCC2CCN(c3ccc(-c4c(O)cccc4C(F)(F)F)nn3)C2C1. The van der Waals surface area contributed by atoms with Gasteiger partial charge in [-0.25, -0.2) is 0 Å². The molecule has 2 unspecified atom stereocenters. The number of likely N-dealkylation sites (tertiary alicyclic amines) is 1. The van der Waals surface area contributed by atoms with Crippen LogP contribution in [0.1, 0.15) is 18.4 Å². The van der Waals surface area contributed by atoms with Gasteiger partial charge in [0.2, 0.25) is 0 Å². The molecule has 5 nitrogen and oxygen atoms in total. The van der Waals surface area contributed by atoms with Crippen LogP contribution in [0.2, 0.25) is 0 Å². The lowest BCUT2D eigenvalue weighted by molar-refractivity contribution is -0.137. The number of hydrogen-bond acceptors (Lipinski definition) is 5. The monoisotopic (exact) mass is 378 g/mol. The molecule has 0 saturated carbocycles. The Labute approximate surface area is 155 Å². The number of hydrogen-bond donors (Lipinski definition) is 1. The number of benzene rings is 1. The normalized spacial score (nSPS) is 23.5. The molecule has 3 heterocycles. The molecule has 1 aromatic carbocycles. The van der Waals surface area contributed by atoms with Gasteiger partial charge in [0.25, 0.3) is 0 Å². The number of likely N-dealkylation sites (N-methyl/N-ethyl adjacent to an activating group) is 1. The molecule has 2 aliphatic heterocycles. The molecular formula is C19H21F3N4O. The zero-order valence-electron chi connectivity index (χ0n) is 14.9. The lowest BCUT2D eigenvalue weighted by Crippen LogP contribution is -2.47. The van der Waals surface area contributed by atoms with Gasteiger partial charge in [0.15, 0.2) is 5.82 Å². The van der Waals surface area contributed by atoms with Gasteiger partial charge in [-0.1, -0.05) is 6.07 Å². The first-order valence-electron chi connectivity index (χ1n) is 9.03. The van der Waals surface area contributed by atoms with Crippen LogP contribution in [0, 0.1) is 5.92 Å². The van der Waals surface area contributed by atoms with Gasteiger partial charge in [-0.3, -0.25) is 0 Å². The third-order valence-electron chi connectivity index (χ3n) is 5.61. The Morgan fingerprint density at radius 2 is 1.85 bits per heavy atom. The molecule has 27 heavy (non-hydrogen) atoms. The molecule has 144 valence electrons. The molecule has 0 amide bonds. The summed E-state index contributed by atoms with van der Waals surface area (Å²) in [4.78, 5) is 4.49. The second-order valence-electron chi connectivity index (χ2n) is 7.33. The van der Waals surface area contributed by atoms with E-state index in [9.17, 15) is 18.3 Å². The van der Waals surface area contributed by atoms with Crippen LogP contribution in [-0.2, 0) is 6.18 Å². The van der Waals surface area contributed by atoms with Crippen molar-refractivity contribution in [2.24, 2.45) is 5.92 Å². The van der Waals surface area contributed by atoms with Crippen LogP contribution in [0.4, 0.5) is 19.0 Å². The summed E-state index contributed by atoms with van der Waals surface area (Å²) in [5.41, 5.74) is -1.24. The standard InChI is InChI=1S/C19H21F3N4O/c1-25-9-7-12-8-10-26(15(12)11-25)17-6-5-14(23-24-17)18-13(19(20,21)22)3-2-4-16(18)27/h2-6,12,15,27H,7-11H2,1H3. The summed E-state index contributed by atoms with van der Waals surface area (Å²) in [5, 5.41) is 18.2. The molecule has 2 fully saturated rings. The van der Waals surface area contributed by atoms with Gasteiger partial charge >= 0.3 is 6.18 Å². The highest BCUT2D eigenvalue weighted by Crippen LogP contribution is 2.41. The molecule has 4 rings (SSSR count). The highest BCUT2D eigenvalue weighted by Gasteiger charge is 2.38. The van der Waals surface area contributed by atoms with Gasteiger partial charge in [0, 0.05) is 19.1 Å². The Kier molecular flexibility index (Phi) is 4.46. The minimum absolute atomic E-state index is 0.0145. The van der Waals surface area contributed by atoms with Crippen LogP contribution in [0.25, 0.3) is 11.3 Å². The number of piperidine rings is 1. The van der Waals surface area contributed by atoms with Crippen molar-refractivity contribution in [3.8, 4) is 17.0 Å². The number of rotatable bonds is 2. The molecule has 1 N–H and O–H groups in total. The number of nitrogens with zero attached hydrogens (tertiary/aromatic N) is 4. The van der Waals surface area contributed by atoms with E-state index in [-0.39, 0.29) is 11.3 Å². The van der Waals surface area contributed by atoms with Crippen molar-refractivity contribution in [2.75, 3.05) is 31.6 Å². The van der Waals surface area contributed by atoms with Crippen LogP contribution in [0.15, 0.2) is 30.3 Å². The fourth-order valence-corrected chi connectivity index (χ4v) is 4.24. The van der Waals surface area contributed by atoms with Crippen molar-refractivity contribution >= 4 is 5.82 Å². The fourth-order valence-electron chi connectivity index (χ4n) is 4.24. The van der Waals surface area contributed by atoms with Crippen LogP contribution in [0.3, 0.4) is 0 Å². The first-order valence-corrected chi connectivity index (χ1v) is 9.03. The molecule has 1 aromatic heterocycles. The molecule has 2 saturated heterocycles. The van der Waals surface area contributed by atoms with Crippen molar-refractivity contribution in [1.82, 2.24) is 15.1 Å². The number of alkyl halides is 3. The van der Waals surface area contributed by atoms with E-state index >= 15 is 0 Å². The van der Waals surface area contributed by atoms with Crippen molar-refractivity contribution in [3.05, 3.63) is 35.9 Å². The predicted molar refractivity (Wildman–Crippen MR) is 95.5 cm³/mol. The maximum Gasteiger partial charge on any atom is 0.417 e. The van der Waals surface area contributed by atoms with Crippen LogP contribution >= 0.6 is 0 Å². The van der Waals surface area contributed by atoms with Gasteiger partial charge in [0.05, 0.1) is 16.8 Å². The largest absolute Gasteiger partial charge is 0.507 e. The number of halogens is 3. The van der Waals surface area contributed by atoms with E-state index in [2.05, 4.69) is 27.0 Å². The average Bonchev–Trinajstić information content (AvgIpc) is 3.04. The van der Waals surface area contributed by atoms with Crippen molar-refractivity contribution in [2.45, 2.75) is 25.1 Å². The molecular weight excluding hydrogens is 357 g/mol. The summed E-state index contributed by atoms with van der Waals surface area (Å²) in [5.74, 6) is 0.838. The summed E-state index contributed by atoms with van der Waals surface area (Å²) >= 11 is 0. The third kappa shape index (κ3) is 3.34. The van der Waals surface area contributed by atoms with Crippen molar-refractivity contribution in [1.29, 1.82) is 0 Å². The molecule has 2 aliphatic rings. The van der Waals surface area contributed by atoms with Gasteiger partial charge in [-0.2, -0.15) is 13.2 Å². The van der Waals surface area contributed by atoms with Gasteiger partial charge in [-0.05, 0) is 56.6 Å². The molecule has 2 atom stereocenters. The Hall–Kier alpha value is -2.35. The highest BCUT2D eigenvalue weighted by atomic mass is 19.4. The average molecular weight is 378 g/mol. The minimum atomic E-state index is -4.58. The number of anilines is 1. The van der Waals surface area contributed by atoms with E-state index in [0.717, 1.165) is 38.5 Å². The van der Waals surface area contributed by atoms with E-state index in [4.69, 9.17) is 0 Å². The van der Waals surface area contributed by atoms with E-state index in [0.29, 0.717) is 17.8 Å². The zero-order valence-corrected chi connectivity index (χ0v) is 14.9. The molecule has 0 radical (unpaired) electrons. The highest BCUT2D eigenvalue weighted by molar-refractivity contribution is 5.71. The van der Waals surface area contributed by atoms with Crippen LogP contribution in [0.5, 0.6) is 5.75 Å². The number of phenols is 1. The quantitative estimate of drug-likeness (QED) is 0.868. The van der Waals surface area contributed by atoms with E-state index in [1.54, 1.807) is 6.07 Å². The predicted octanol–water partition coefficient (Wildman–Crippen LogP) is 3.40. The number of aromatic hydroxyl groups is 1. The van der Waals surface area contributed by atoms with Gasteiger partial charge in [0.1, 0.15) is 5.75 Å². The van der Waals surface area contributed by atoms with Crippen molar-refractivity contribution < 1.29 is 18.3 Å². The maximum absolute atomic E-state index is 13.3. The molecule has 8 heteroatoms. The minimum Gasteiger partial charge on any atom is -0.507 e. The van der Waals surface area contributed by atoms with Gasteiger partial charge < -0.3 is 14.9 Å². The maximum atomic E-state index is 13.3. The smallest absolute Gasteiger partial charge is 0.417 e. The van der Waals surface area contributed by atoms with E-state index < -0.39 is 17.5 Å². The zero-order chi connectivity index (χ0) is 19.2. The van der Waals surface area contributed by atoms with E-state index in [1.807, 2.05) is 0 Å². The summed E-state index contributed by atoms with van der Waals surface area (Å²) in [6, 6.07) is 6.91. The number of fused-ring (bicyclic) bond motifs is 1. The lowest BCUT2D eigenvalue weighted by atomic mass is 9.92. The Morgan fingerprint density at radius 3 is 2.56 bits per heavy atom. The molecule has 2 aromatic rings. The first kappa shape index (κ1) is 18.0. The summed E-state index contributed by atoms with van der Waals surface area (Å²) in [6.45, 7) is 2.92. The molecule has 0 aliphatic carbocycles. The summed E-state index contributed by atoms with van der Waals surface area (Å²) < 4.78 is 39.9. The summed E-state index contributed by atoms with van der Waals surface area (Å²) in [6.07, 6.45) is -2.33. The molecule has 0 spiro atoms. The second-order valence-corrected chi connectivity index (χ2v) is 7.33. The Balaban J connectivity index is 1.64. The molecule has 0 bridgehead atoms. The van der Waals surface area contributed by atoms with Gasteiger partial charge in [-0.15, -0.1) is 10.2 Å². The fraction of sp³-hybridized carbons (Fsp3) is 0.474. The number of phenolic OH excluding ortho intramolecular Hbond substituents is 1. The second kappa shape index (κ2) is 6.67. The van der Waals surface area contributed by atoms with E-state index in [1.165, 1.54) is 18.2 Å².